The van der Waals surface area contributed by atoms with Gasteiger partial charge in [-0.1, -0.05) is 27.5 Å². The van der Waals surface area contributed by atoms with Crippen LogP contribution in [-0.2, 0) is 0 Å². The zero-order valence-electron chi connectivity index (χ0n) is 7.09. The second kappa shape index (κ2) is 3.63. The summed E-state index contributed by atoms with van der Waals surface area (Å²) < 4.78 is 0.950. The second-order valence-electron chi connectivity index (χ2n) is 2.82. The molecule has 14 heavy (non-hydrogen) atoms. The van der Waals surface area contributed by atoms with Crippen molar-refractivity contribution in [2.75, 3.05) is 5.73 Å². The van der Waals surface area contributed by atoms with E-state index >= 15 is 0 Å². The molecule has 1 aromatic carbocycles. The summed E-state index contributed by atoms with van der Waals surface area (Å²) in [6.45, 7) is 0. The van der Waals surface area contributed by atoms with Crippen LogP contribution < -0.4 is 5.73 Å². The minimum Gasteiger partial charge on any atom is -0.396 e. The van der Waals surface area contributed by atoms with Crippen LogP contribution in [0.4, 0.5) is 5.69 Å². The Bertz CT molecular complexity index is 467. The molecule has 1 aromatic heterocycles. The summed E-state index contributed by atoms with van der Waals surface area (Å²) >= 11 is 9.41. The fourth-order valence-electron chi connectivity index (χ4n) is 1.20. The first-order valence-electron chi connectivity index (χ1n) is 3.93. The predicted molar refractivity (Wildman–Crippen MR) is 61.1 cm³/mol. The molecule has 3 N–H and O–H groups in total. The largest absolute Gasteiger partial charge is 0.396 e. The summed E-state index contributed by atoms with van der Waals surface area (Å²) in [4.78, 5) is 0. The highest BCUT2D eigenvalue weighted by atomic mass is 79.9. The molecule has 0 aliphatic rings. The number of nitrogen functional groups attached to an aromatic ring is 1. The molecule has 0 bridgehead atoms. The van der Waals surface area contributed by atoms with E-state index < -0.39 is 0 Å². The molecular formula is C9H7BrClN3. The Labute approximate surface area is 94.4 Å². The Kier molecular flexibility index (Phi) is 2.48. The number of hydrogen-bond donors (Lipinski definition) is 2. The lowest BCUT2D eigenvalue weighted by Crippen LogP contribution is -1.87. The minimum absolute atomic E-state index is 0.588. The second-order valence-corrected chi connectivity index (χ2v) is 4.15. The van der Waals surface area contributed by atoms with Gasteiger partial charge in [-0.25, -0.2) is 0 Å². The summed E-state index contributed by atoms with van der Waals surface area (Å²) in [7, 11) is 0. The van der Waals surface area contributed by atoms with Crippen LogP contribution in [0.5, 0.6) is 0 Å². The summed E-state index contributed by atoms with van der Waals surface area (Å²) in [5.74, 6) is 0. The molecule has 0 unspecified atom stereocenters. The monoisotopic (exact) mass is 271 g/mol. The van der Waals surface area contributed by atoms with Crippen LogP contribution in [-0.4, -0.2) is 10.2 Å². The molecule has 0 radical (unpaired) electrons. The molecule has 0 spiro atoms. The van der Waals surface area contributed by atoms with E-state index in [0.717, 1.165) is 15.7 Å². The Morgan fingerprint density at radius 3 is 2.86 bits per heavy atom. The van der Waals surface area contributed by atoms with Gasteiger partial charge >= 0.3 is 0 Å². The third-order valence-electron chi connectivity index (χ3n) is 1.87. The Morgan fingerprint density at radius 2 is 2.21 bits per heavy atom. The van der Waals surface area contributed by atoms with Crippen molar-refractivity contribution in [2.24, 2.45) is 0 Å². The third kappa shape index (κ3) is 1.63. The van der Waals surface area contributed by atoms with Gasteiger partial charge in [-0.05, 0) is 18.2 Å². The fourth-order valence-corrected chi connectivity index (χ4v) is 1.77. The molecule has 2 aromatic rings. The number of anilines is 1. The molecule has 5 heteroatoms. The maximum atomic E-state index is 6.04. The lowest BCUT2D eigenvalue weighted by molar-refractivity contribution is 1.10. The number of nitrogens with two attached hydrogens (primary N) is 1. The highest BCUT2D eigenvalue weighted by Gasteiger charge is 2.08. The van der Waals surface area contributed by atoms with Gasteiger partial charge < -0.3 is 5.73 Å². The summed E-state index contributed by atoms with van der Waals surface area (Å²) in [6, 6.07) is 5.58. The fraction of sp³-hybridized carbons (Fsp3) is 0. The van der Waals surface area contributed by atoms with E-state index in [0.29, 0.717) is 10.7 Å². The molecule has 2 rings (SSSR count). The number of benzene rings is 1. The normalized spacial score (nSPS) is 10.4. The maximum Gasteiger partial charge on any atom is 0.0895 e. The third-order valence-corrected chi connectivity index (χ3v) is 2.69. The van der Waals surface area contributed by atoms with Crippen molar-refractivity contribution in [1.82, 2.24) is 10.2 Å². The van der Waals surface area contributed by atoms with Crippen LogP contribution in [0.1, 0.15) is 0 Å². The number of nitrogens with zero attached hydrogens (tertiary/aromatic N) is 1. The van der Waals surface area contributed by atoms with E-state index in [1.54, 1.807) is 12.3 Å². The number of H-pyrrole nitrogens is 1. The SMILES string of the molecule is Nc1cn[nH]c1-c1cc(Br)ccc1Cl. The van der Waals surface area contributed by atoms with Gasteiger partial charge in [0.05, 0.1) is 22.6 Å². The van der Waals surface area contributed by atoms with E-state index in [4.69, 9.17) is 17.3 Å². The zero-order chi connectivity index (χ0) is 10.1. The van der Waals surface area contributed by atoms with Gasteiger partial charge in [0.15, 0.2) is 0 Å². The van der Waals surface area contributed by atoms with E-state index in [2.05, 4.69) is 26.1 Å². The summed E-state index contributed by atoms with van der Waals surface area (Å²) in [5.41, 5.74) is 7.90. The number of rotatable bonds is 1. The molecular weight excluding hydrogens is 265 g/mol. The minimum atomic E-state index is 0.588. The van der Waals surface area contributed by atoms with Crippen molar-refractivity contribution in [1.29, 1.82) is 0 Å². The van der Waals surface area contributed by atoms with Crippen LogP contribution in [0, 0.1) is 0 Å². The molecule has 1 heterocycles. The first-order chi connectivity index (χ1) is 6.68. The average molecular weight is 273 g/mol. The summed E-state index contributed by atoms with van der Waals surface area (Å²) in [5, 5.41) is 7.30. The number of aromatic nitrogens is 2. The van der Waals surface area contributed by atoms with Crippen LogP contribution in [0.3, 0.4) is 0 Å². The highest BCUT2D eigenvalue weighted by Crippen LogP contribution is 2.32. The lowest BCUT2D eigenvalue weighted by Gasteiger charge is -2.03. The Morgan fingerprint density at radius 1 is 1.43 bits per heavy atom. The first kappa shape index (κ1) is 9.55. The molecule has 3 nitrogen and oxygen atoms in total. The topological polar surface area (TPSA) is 54.7 Å². The maximum absolute atomic E-state index is 6.04. The highest BCUT2D eigenvalue weighted by molar-refractivity contribution is 9.10. The zero-order valence-corrected chi connectivity index (χ0v) is 9.43. The molecule has 0 fully saturated rings. The van der Waals surface area contributed by atoms with Gasteiger partial charge in [0, 0.05) is 10.0 Å². The van der Waals surface area contributed by atoms with Crippen molar-refractivity contribution in [3.05, 3.63) is 33.9 Å². The summed E-state index contributed by atoms with van der Waals surface area (Å²) in [6.07, 6.45) is 1.56. The lowest BCUT2D eigenvalue weighted by atomic mass is 10.1. The smallest absolute Gasteiger partial charge is 0.0895 e. The standard InChI is InChI=1S/C9H7BrClN3/c10-5-1-2-7(11)6(3-5)9-8(12)4-13-14-9/h1-4H,12H2,(H,13,14). The molecule has 0 saturated carbocycles. The van der Waals surface area contributed by atoms with Crippen molar-refractivity contribution in [2.45, 2.75) is 0 Å². The van der Waals surface area contributed by atoms with Crippen LogP contribution >= 0.6 is 27.5 Å². The van der Waals surface area contributed by atoms with E-state index in [-0.39, 0.29) is 0 Å². The number of halogens is 2. The molecule has 0 amide bonds. The number of aromatic amines is 1. The van der Waals surface area contributed by atoms with Crippen LogP contribution in [0.15, 0.2) is 28.9 Å². The van der Waals surface area contributed by atoms with Gasteiger partial charge in [-0.2, -0.15) is 5.10 Å². The molecule has 0 aliphatic carbocycles. The first-order valence-corrected chi connectivity index (χ1v) is 5.10. The Hall–Kier alpha value is -1.000. The van der Waals surface area contributed by atoms with Crippen molar-refractivity contribution < 1.29 is 0 Å². The Balaban J connectivity index is 2.62. The molecule has 0 aliphatic heterocycles. The van der Waals surface area contributed by atoms with Crippen molar-refractivity contribution in [3.63, 3.8) is 0 Å². The average Bonchev–Trinajstić information content (AvgIpc) is 2.56. The predicted octanol–water partition coefficient (Wildman–Crippen LogP) is 3.07. The van der Waals surface area contributed by atoms with E-state index in [1.165, 1.54) is 0 Å². The number of hydrogen-bond acceptors (Lipinski definition) is 2. The van der Waals surface area contributed by atoms with Crippen LogP contribution in [0.25, 0.3) is 11.3 Å². The van der Waals surface area contributed by atoms with Gasteiger partial charge in [0.2, 0.25) is 0 Å². The van der Waals surface area contributed by atoms with Crippen LogP contribution in [0.2, 0.25) is 5.02 Å². The van der Waals surface area contributed by atoms with Crippen molar-refractivity contribution >= 4 is 33.2 Å². The quantitative estimate of drug-likeness (QED) is 0.838. The van der Waals surface area contributed by atoms with Gasteiger partial charge in [0.1, 0.15) is 0 Å². The van der Waals surface area contributed by atoms with Gasteiger partial charge in [-0.15, -0.1) is 0 Å². The molecule has 0 saturated heterocycles. The van der Waals surface area contributed by atoms with Gasteiger partial charge in [-0.3, -0.25) is 5.10 Å². The van der Waals surface area contributed by atoms with Gasteiger partial charge in [0.25, 0.3) is 0 Å². The number of nitrogens with one attached hydrogen (secondary N) is 1. The van der Waals surface area contributed by atoms with E-state index in [1.807, 2.05) is 12.1 Å². The molecule has 72 valence electrons. The van der Waals surface area contributed by atoms with Crippen molar-refractivity contribution in [3.8, 4) is 11.3 Å². The molecule has 0 atom stereocenters. The van der Waals surface area contributed by atoms with E-state index in [9.17, 15) is 0 Å².